The van der Waals surface area contributed by atoms with Crippen LogP contribution in [0.3, 0.4) is 0 Å². The Bertz CT molecular complexity index is 1240. The highest BCUT2D eigenvalue weighted by Gasteiger charge is 2.16. The zero-order valence-corrected chi connectivity index (χ0v) is 19.3. The quantitative estimate of drug-likeness (QED) is 0.173. The highest BCUT2D eigenvalue weighted by molar-refractivity contribution is 6.39. The van der Waals surface area contributed by atoms with Crippen molar-refractivity contribution >= 4 is 41.3 Å². The first-order valence-corrected chi connectivity index (χ1v) is 10.7. The van der Waals surface area contributed by atoms with E-state index in [2.05, 4.69) is 15.8 Å². The summed E-state index contributed by atoms with van der Waals surface area (Å²) in [5.41, 5.74) is 4.42. The number of benzene rings is 3. The van der Waals surface area contributed by atoms with Crippen LogP contribution >= 0.6 is 11.6 Å². The van der Waals surface area contributed by atoms with Crippen LogP contribution in [-0.2, 0) is 16.0 Å². The molecule has 0 radical (unpaired) electrons. The van der Waals surface area contributed by atoms with Gasteiger partial charge in [0, 0.05) is 5.69 Å². The number of anilines is 1. The number of nitrogens with one attached hydrogen (secondary N) is 2. The number of carbonyl (C=O) groups excluding carboxylic acids is 3. The van der Waals surface area contributed by atoms with Gasteiger partial charge >= 0.3 is 17.8 Å². The molecule has 34 heavy (non-hydrogen) atoms. The van der Waals surface area contributed by atoms with Gasteiger partial charge in [-0.05, 0) is 53.9 Å². The van der Waals surface area contributed by atoms with E-state index in [0.717, 1.165) is 5.56 Å². The molecule has 2 N–H and O–H groups in total. The molecular weight excluding hydrogens is 458 g/mol. The number of methoxy groups -OCH3 is 1. The van der Waals surface area contributed by atoms with Gasteiger partial charge in [-0.15, -0.1) is 0 Å². The van der Waals surface area contributed by atoms with Crippen LogP contribution < -0.4 is 20.2 Å². The maximum absolute atomic E-state index is 12.4. The Hall–Kier alpha value is -4.17. The molecule has 0 aliphatic heterocycles. The molecule has 0 spiro atoms. The largest absolute Gasteiger partial charge is 0.493 e. The molecule has 0 aliphatic rings. The van der Waals surface area contributed by atoms with Gasteiger partial charge in [0.05, 0.1) is 23.9 Å². The van der Waals surface area contributed by atoms with Crippen LogP contribution in [0.15, 0.2) is 71.8 Å². The SMILES string of the molecule is CCc1ccccc1NC(=O)C(=O)N/N=C/c1ccc(OC(=O)c2ccccc2Cl)c(OC)c1. The molecule has 9 heteroatoms. The molecule has 2 amide bonds. The molecule has 0 bridgehead atoms. The second-order valence-corrected chi connectivity index (χ2v) is 7.35. The lowest BCUT2D eigenvalue weighted by Crippen LogP contribution is -2.32. The summed E-state index contributed by atoms with van der Waals surface area (Å²) in [6.07, 6.45) is 2.04. The number of nitrogens with zero attached hydrogens (tertiary/aromatic N) is 1. The summed E-state index contributed by atoms with van der Waals surface area (Å²) in [7, 11) is 1.42. The molecule has 3 rings (SSSR count). The number of halogens is 1. The second-order valence-electron chi connectivity index (χ2n) is 6.94. The number of hydrazone groups is 1. The van der Waals surface area contributed by atoms with Crippen LogP contribution in [-0.4, -0.2) is 31.1 Å². The van der Waals surface area contributed by atoms with Gasteiger partial charge in [0.25, 0.3) is 0 Å². The van der Waals surface area contributed by atoms with Crippen molar-refractivity contribution in [3.8, 4) is 11.5 Å². The molecule has 8 nitrogen and oxygen atoms in total. The summed E-state index contributed by atoms with van der Waals surface area (Å²) >= 11 is 6.04. The Morgan fingerprint density at radius 1 is 0.971 bits per heavy atom. The van der Waals surface area contributed by atoms with E-state index >= 15 is 0 Å². The lowest BCUT2D eigenvalue weighted by molar-refractivity contribution is -0.136. The molecule has 0 aliphatic carbocycles. The van der Waals surface area contributed by atoms with Gasteiger partial charge in [0.15, 0.2) is 11.5 Å². The minimum atomic E-state index is -0.917. The van der Waals surface area contributed by atoms with Crippen molar-refractivity contribution in [2.24, 2.45) is 5.10 Å². The van der Waals surface area contributed by atoms with E-state index in [9.17, 15) is 14.4 Å². The van der Waals surface area contributed by atoms with E-state index < -0.39 is 17.8 Å². The number of rotatable bonds is 7. The van der Waals surface area contributed by atoms with Gasteiger partial charge in [-0.25, -0.2) is 10.2 Å². The molecular formula is C25H22ClN3O5. The fourth-order valence-electron chi connectivity index (χ4n) is 2.98. The highest BCUT2D eigenvalue weighted by Crippen LogP contribution is 2.29. The molecule has 0 saturated carbocycles. The van der Waals surface area contributed by atoms with Gasteiger partial charge in [-0.1, -0.05) is 48.9 Å². The molecule has 0 atom stereocenters. The van der Waals surface area contributed by atoms with Crippen molar-refractivity contribution in [1.29, 1.82) is 0 Å². The van der Waals surface area contributed by atoms with E-state index in [1.165, 1.54) is 19.4 Å². The number of esters is 1. The zero-order chi connectivity index (χ0) is 24.5. The third-order valence-electron chi connectivity index (χ3n) is 4.72. The smallest absolute Gasteiger partial charge is 0.345 e. The molecule has 0 heterocycles. The van der Waals surface area contributed by atoms with E-state index in [1.807, 2.05) is 19.1 Å². The van der Waals surface area contributed by atoms with Crippen molar-refractivity contribution in [3.05, 3.63) is 88.4 Å². The summed E-state index contributed by atoms with van der Waals surface area (Å²) in [5.74, 6) is -1.93. The Balaban J connectivity index is 1.62. The van der Waals surface area contributed by atoms with Gasteiger partial charge < -0.3 is 14.8 Å². The first-order chi connectivity index (χ1) is 16.4. The monoisotopic (exact) mass is 479 g/mol. The van der Waals surface area contributed by atoms with E-state index in [0.29, 0.717) is 17.7 Å². The van der Waals surface area contributed by atoms with Crippen LogP contribution in [0.25, 0.3) is 0 Å². The first kappa shape index (κ1) is 24.5. The van der Waals surface area contributed by atoms with Gasteiger partial charge in [-0.3, -0.25) is 9.59 Å². The predicted octanol–water partition coefficient (Wildman–Crippen LogP) is 4.22. The Kier molecular flexibility index (Phi) is 8.37. The summed E-state index contributed by atoms with van der Waals surface area (Å²) in [4.78, 5) is 36.6. The number of hydrogen-bond donors (Lipinski definition) is 2. The predicted molar refractivity (Wildman–Crippen MR) is 130 cm³/mol. The first-order valence-electron chi connectivity index (χ1n) is 10.3. The molecule has 174 valence electrons. The van der Waals surface area contributed by atoms with Crippen molar-refractivity contribution in [2.75, 3.05) is 12.4 Å². The lowest BCUT2D eigenvalue weighted by Gasteiger charge is -2.10. The van der Waals surface area contributed by atoms with Crippen LogP contribution in [0.1, 0.15) is 28.4 Å². The molecule has 0 saturated heterocycles. The number of aryl methyl sites for hydroxylation is 1. The Labute approximate surface area is 201 Å². The summed E-state index contributed by atoms with van der Waals surface area (Å²) < 4.78 is 10.7. The van der Waals surface area contributed by atoms with Crippen molar-refractivity contribution in [2.45, 2.75) is 13.3 Å². The molecule has 0 aromatic heterocycles. The van der Waals surface area contributed by atoms with Crippen molar-refractivity contribution < 1.29 is 23.9 Å². The van der Waals surface area contributed by atoms with Crippen LogP contribution in [0.4, 0.5) is 5.69 Å². The van der Waals surface area contributed by atoms with Crippen LogP contribution in [0, 0.1) is 0 Å². The normalized spacial score (nSPS) is 10.6. The van der Waals surface area contributed by atoms with E-state index in [4.69, 9.17) is 21.1 Å². The van der Waals surface area contributed by atoms with Gasteiger partial charge in [0.2, 0.25) is 0 Å². The summed E-state index contributed by atoms with van der Waals surface area (Å²) in [6, 6.07) is 18.4. The minimum Gasteiger partial charge on any atom is -0.493 e. The topological polar surface area (TPSA) is 106 Å². The fourth-order valence-corrected chi connectivity index (χ4v) is 3.19. The molecule has 3 aromatic rings. The maximum atomic E-state index is 12.4. The number of para-hydroxylation sites is 1. The third-order valence-corrected chi connectivity index (χ3v) is 5.05. The maximum Gasteiger partial charge on any atom is 0.345 e. The molecule has 0 fully saturated rings. The molecule has 0 unspecified atom stereocenters. The Morgan fingerprint density at radius 3 is 2.44 bits per heavy atom. The highest BCUT2D eigenvalue weighted by atomic mass is 35.5. The summed E-state index contributed by atoms with van der Waals surface area (Å²) in [6.45, 7) is 1.95. The lowest BCUT2D eigenvalue weighted by atomic mass is 10.1. The number of amides is 2. The average Bonchev–Trinajstić information content (AvgIpc) is 2.85. The third kappa shape index (κ3) is 6.20. The number of ether oxygens (including phenoxy) is 2. The average molecular weight is 480 g/mol. The molecule has 3 aromatic carbocycles. The van der Waals surface area contributed by atoms with Gasteiger partial charge in [0.1, 0.15) is 0 Å². The summed E-state index contributed by atoms with van der Waals surface area (Å²) in [5, 5.41) is 6.65. The standard InChI is InChI=1S/C25H22ClN3O5/c1-3-17-8-4-7-11-20(17)28-23(30)24(31)29-27-15-16-12-13-21(22(14-16)33-2)34-25(32)18-9-5-6-10-19(18)26/h4-15H,3H2,1-2H3,(H,28,30)(H,29,31)/b27-15+. The van der Waals surface area contributed by atoms with Crippen molar-refractivity contribution in [3.63, 3.8) is 0 Å². The van der Waals surface area contributed by atoms with E-state index in [1.54, 1.807) is 48.5 Å². The zero-order valence-electron chi connectivity index (χ0n) is 18.5. The van der Waals surface area contributed by atoms with Gasteiger partial charge in [-0.2, -0.15) is 5.10 Å². The number of carbonyl (C=O) groups is 3. The second kappa shape index (κ2) is 11.6. The number of hydrogen-bond acceptors (Lipinski definition) is 6. The fraction of sp³-hybridized carbons (Fsp3) is 0.120. The van der Waals surface area contributed by atoms with E-state index in [-0.39, 0.29) is 22.1 Å². The van der Waals surface area contributed by atoms with Crippen LogP contribution in [0.5, 0.6) is 11.5 Å². The van der Waals surface area contributed by atoms with Crippen molar-refractivity contribution in [1.82, 2.24) is 5.43 Å². The minimum absolute atomic E-state index is 0.183. The van der Waals surface area contributed by atoms with Crippen LogP contribution in [0.2, 0.25) is 5.02 Å². The Morgan fingerprint density at radius 2 is 1.71 bits per heavy atom.